The molecule has 0 fully saturated rings. The maximum Gasteiger partial charge on any atom is 0.141 e. The molecule has 0 atom stereocenters. The summed E-state index contributed by atoms with van der Waals surface area (Å²) in [6.45, 7) is 4.25. The summed E-state index contributed by atoms with van der Waals surface area (Å²) < 4.78 is 5.07. The van der Waals surface area contributed by atoms with E-state index in [9.17, 15) is 0 Å². The topological polar surface area (TPSA) is 21.3 Å². The van der Waals surface area contributed by atoms with Crippen LogP contribution in [-0.4, -0.2) is 14.2 Å². The normalized spacial score (nSPS) is 7.71. The summed E-state index contributed by atoms with van der Waals surface area (Å²) in [5.74, 6) is 0.880. The van der Waals surface area contributed by atoms with Gasteiger partial charge in [0, 0.05) is 7.05 Å². The average Bonchev–Trinajstić information content (AvgIpc) is 2.19. The number of methoxy groups -OCH3 is 1. The average molecular weight is 197 g/mol. The molecule has 1 aromatic carbocycles. The fraction of sp³-hybridized carbons (Fsp3) is 0.500. The first-order valence-corrected chi connectivity index (χ1v) is 4.60. The minimum Gasteiger partial charge on any atom is -0.495 e. The minimum absolute atomic E-state index is 0. The number of hydrogen-bond acceptors (Lipinski definition) is 2. The number of nitrogens with one attached hydrogen (secondary N) is 1. The molecule has 0 aromatic heterocycles. The smallest absolute Gasteiger partial charge is 0.141 e. The summed E-state index contributed by atoms with van der Waals surface area (Å²) in [5.41, 5.74) is 1.02. The zero-order valence-corrected chi connectivity index (χ0v) is 8.92. The molecule has 0 aliphatic heterocycles. The van der Waals surface area contributed by atoms with Gasteiger partial charge in [0.15, 0.2) is 0 Å². The van der Waals surface area contributed by atoms with Crippen LogP contribution in [0.25, 0.3) is 0 Å². The Bertz CT molecular complexity index is 200. The summed E-state index contributed by atoms with van der Waals surface area (Å²) in [6, 6.07) is 7.80. The summed E-state index contributed by atoms with van der Waals surface area (Å²) in [5, 5.41) is 3.02. The number of benzene rings is 1. The fourth-order valence-electron chi connectivity index (χ4n) is 0.851. The van der Waals surface area contributed by atoms with Crippen molar-refractivity contribution in [1.82, 2.24) is 0 Å². The van der Waals surface area contributed by atoms with E-state index < -0.39 is 0 Å². The van der Waals surface area contributed by atoms with E-state index in [0.717, 1.165) is 11.4 Å². The van der Waals surface area contributed by atoms with Gasteiger partial charge in [0.2, 0.25) is 0 Å². The second kappa shape index (κ2) is 9.90. The van der Waals surface area contributed by atoms with Gasteiger partial charge in [0.05, 0.1) is 12.8 Å². The number of rotatable bonds is 2. The van der Waals surface area contributed by atoms with Crippen molar-refractivity contribution >= 4 is 5.69 Å². The zero-order chi connectivity index (χ0) is 10.1. The molecule has 0 aliphatic rings. The Kier molecular flexibility index (Phi) is 10.8. The molecule has 1 N–H and O–H groups in total. The lowest BCUT2D eigenvalue weighted by atomic mass is 10.3. The van der Waals surface area contributed by atoms with Crippen LogP contribution in [0.15, 0.2) is 24.3 Å². The molecule has 1 rings (SSSR count). The molecule has 0 amide bonds. The Hall–Kier alpha value is -1.18. The van der Waals surface area contributed by atoms with Gasteiger partial charge < -0.3 is 10.1 Å². The standard InChI is InChI=1S/C8H11NO.C3H8.CH4/c1-9-7-5-3-4-6-8(7)10-2;1-3-2;/h3-6,9H,1-2H3;3H2,1-2H3;1H4. The second-order valence-electron chi connectivity index (χ2n) is 2.66. The van der Waals surface area contributed by atoms with Crippen molar-refractivity contribution in [3.05, 3.63) is 24.3 Å². The van der Waals surface area contributed by atoms with Crippen LogP contribution in [0, 0.1) is 0 Å². The monoisotopic (exact) mass is 197 g/mol. The molecule has 0 bridgehead atoms. The summed E-state index contributed by atoms with van der Waals surface area (Å²) in [6.07, 6.45) is 1.25. The van der Waals surface area contributed by atoms with Crippen molar-refractivity contribution in [3.8, 4) is 5.75 Å². The van der Waals surface area contributed by atoms with Crippen LogP contribution in [0.5, 0.6) is 5.75 Å². The highest BCUT2D eigenvalue weighted by Gasteiger charge is 1.95. The van der Waals surface area contributed by atoms with Crippen LogP contribution in [-0.2, 0) is 0 Å². The Morgan fingerprint density at radius 2 is 1.71 bits per heavy atom. The fourth-order valence-corrected chi connectivity index (χ4v) is 0.851. The van der Waals surface area contributed by atoms with E-state index in [1.807, 2.05) is 31.3 Å². The van der Waals surface area contributed by atoms with E-state index in [2.05, 4.69) is 19.2 Å². The van der Waals surface area contributed by atoms with Gasteiger partial charge in [-0.1, -0.05) is 39.8 Å². The molecule has 14 heavy (non-hydrogen) atoms. The Labute approximate surface area is 88.3 Å². The number of ether oxygens (including phenoxy) is 1. The number of anilines is 1. The SMILES string of the molecule is C.CCC.CNc1ccccc1OC. The van der Waals surface area contributed by atoms with Gasteiger partial charge >= 0.3 is 0 Å². The molecular weight excluding hydrogens is 174 g/mol. The van der Waals surface area contributed by atoms with E-state index in [-0.39, 0.29) is 7.43 Å². The van der Waals surface area contributed by atoms with Gasteiger partial charge in [-0.15, -0.1) is 0 Å². The van der Waals surface area contributed by atoms with Crippen LogP contribution in [0.2, 0.25) is 0 Å². The third-order valence-electron chi connectivity index (χ3n) is 1.38. The first-order valence-electron chi connectivity index (χ1n) is 4.60. The highest BCUT2D eigenvalue weighted by Crippen LogP contribution is 2.21. The van der Waals surface area contributed by atoms with Crippen LogP contribution >= 0.6 is 0 Å². The Morgan fingerprint density at radius 1 is 1.21 bits per heavy atom. The lowest BCUT2D eigenvalue weighted by molar-refractivity contribution is 0.416. The number of para-hydroxylation sites is 2. The first-order chi connectivity index (χ1) is 6.29. The molecule has 2 heteroatoms. The molecule has 0 aliphatic carbocycles. The van der Waals surface area contributed by atoms with Gasteiger partial charge in [0.25, 0.3) is 0 Å². The molecule has 82 valence electrons. The molecule has 0 radical (unpaired) electrons. The van der Waals surface area contributed by atoms with Crippen LogP contribution < -0.4 is 10.1 Å². The maximum absolute atomic E-state index is 5.07. The van der Waals surface area contributed by atoms with Gasteiger partial charge in [-0.2, -0.15) is 0 Å². The first kappa shape index (κ1) is 15.3. The van der Waals surface area contributed by atoms with Crippen molar-refractivity contribution in [2.24, 2.45) is 0 Å². The van der Waals surface area contributed by atoms with Gasteiger partial charge in [-0.25, -0.2) is 0 Å². The second-order valence-corrected chi connectivity index (χ2v) is 2.66. The lowest BCUT2D eigenvalue weighted by Gasteiger charge is -2.05. The Morgan fingerprint density at radius 3 is 2.07 bits per heavy atom. The number of hydrogen-bond donors (Lipinski definition) is 1. The van der Waals surface area contributed by atoms with E-state index in [1.165, 1.54) is 6.42 Å². The lowest BCUT2D eigenvalue weighted by Crippen LogP contribution is -1.91. The maximum atomic E-state index is 5.07. The Balaban J connectivity index is 0. The molecule has 0 saturated heterocycles. The molecule has 1 aromatic rings. The minimum atomic E-state index is 0. The van der Waals surface area contributed by atoms with Crippen molar-refractivity contribution < 1.29 is 4.74 Å². The zero-order valence-electron chi connectivity index (χ0n) is 8.92. The highest BCUT2D eigenvalue weighted by molar-refractivity contribution is 5.55. The van der Waals surface area contributed by atoms with Crippen molar-refractivity contribution in [2.45, 2.75) is 27.7 Å². The van der Waals surface area contributed by atoms with Crippen LogP contribution in [0.3, 0.4) is 0 Å². The molecule has 0 unspecified atom stereocenters. The van der Waals surface area contributed by atoms with Gasteiger partial charge in [0.1, 0.15) is 5.75 Å². The third-order valence-corrected chi connectivity index (χ3v) is 1.38. The third kappa shape index (κ3) is 5.46. The van der Waals surface area contributed by atoms with Crippen molar-refractivity contribution in [2.75, 3.05) is 19.5 Å². The van der Waals surface area contributed by atoms with E-state index >= 15 is 0 Å². The molecule has 0 saturated carbocycles. The van der Waals surface area contributed by atoms with Crippen LogP contribution in [0.1, 0.15) is 27.7 Å². The predicted molar refractivity (Wildman–Crippen MR) is 65.2 cm³/mol. The predicted octanol–water partition coefficient (Wildman–Crippen LogP) is 3.79. The summed E-state index contributed by atoms with van der Waals surface area (Å²) in [4.78, 5) is 0. The van der Waals surface area contributed by atoms with Crippen molar-refractivity contribution in [1.29, 1.82) is 0 Å². The largest absolute Gasteiger partial charge is 0.495 e. The van der Waals surface area contributed by atoms with Gasteiger partial charge in [-0.05, 0) is 12.1 Å². The van der Waals surface area contributed by atoms with E-state index in [1.54, 1.807) is 7.11 Å². The van der Waals surface area contributed by atoms with Gasteiger partial charge in [-0.3, -0.25) is 0 Å². The van der Waals surface area contributed by atoms with Crippen LogP contribution in [0.4, 0.5) is 5.69 Å². The highest BCUT2D eigenvalue weighted by atomic mass is 16.5. The quantitative estimate of drug-likeness (QED) is 0.779. The van der Waals surface area contributed by atoms with E-state index in [0.29, 0.717) is 0 Å². The van der Waals surface area contributed by atoms with E-state index in [4.69, 9.17) is 4.74 Å². The van der Waals surface area contributed by atoms with Crippen molar-refractivity contribution in [3.63, 3.8) is 0 Å². The molecular formula is C12H23NO. The molecule has 0 spiro atoms. The molecule has 2 nitrogen and oxygen atoms in total. The summed E-state index contributed by atoms with van der Waals surface area (Å²) >= 11 is 0. The molecule has 0 heterocycles. The summed E-state index contributed by atoms with van der Waals surface area (Å²) in [7, 11) is 3.54.